The summed E-state index contributed by atoms with van der Waals surface area (Å²) in [5.74, 6) is 0.771. The van der Waals surface area contributed by atoms with E-state index in [2.05, 4.69) is 49.8 Å². The molecule has 0 fully saturated rings. The van der Waals surface area contributed by atoms with E-state index in [1.807, 2.05) is 12.3 Å². The number of pyridine rings is 1. The Morgan fingerprint density at radius 2 is 2.00 bits per heavy atom. The zero-order valence-electron chi connectivity index (χ0n) is 11.0. The molecular weight excluding hydrogens is 196 g/mol. The van der Waals surface area contributed by atoms with Crippen molar-refractivity contribution < 1.29 is 0 Å². The number of rotatable bonds is 6. The smallest absolute Gasteiger partial charge is 0.0416 e. The van der Waals surface area contributed by atoms with Gasteiger partial charge in [0, 0.05) is 30.9 Å². The summed E-state index contributed by atoms with van der Waals surface area (Å²) in [6.07, 6.45) is 4.17. The Morgan fingerprint density at radius 3 is 2.56 bits per heavy atom. The van der Waals surface area contributed by atoms with E-state index >= 15 is 0 Å². The lowest BCUT2D eigenvalue weighted by Gasteiger charge is -2.25. The highest BCUT2D eigenvalue weighted by molar-refractivity contribution is 5.03. The molecule has 0 bridgehead atoms. The minimum Gasteiger partial charge on any atom is -0.303 e. The molecule has 0 amide bonds. The van der Waals surface area contributed by atoms with Crippen molar-refractivity contribution in [1.82, 2.24) is 9.88 Å². The molecule has 0 radical (unpaired) electrons. The molecule has 0 aliphatic carbocycles. The fourth-order valence-corrected chi connectivity index (χ4v) is 1.92. The van der Waals surface area contributed by atoms with Crippen LogP contribution >= 0.6 is 0 Å². The summed E-state index contributed by atoms with van der Waals surface area (Å²) in [4.78, 5) is 6.77. The predicted molar refractivity (Wildman–Crippen MR) is 69.5 cm³/mol. The number of aromatic nitrogens is 1. The average Bonchev–Trinajstić information content (AvgIpc) is 2.26. The van der Waals surface area contributed by atoms with Crippen LogP contribution in [0.5, 0.6) is 0 Å². The Hall–Kier alpha value is -0.890. The second kappa shape index (κ2) is 6.64. The SMILES string of the molecule is CC(C)C[C@@H](C)N(C)CCc1ccccn1. The Labute approximate surface area is 99.7 Å². The standard InChI is InChI=1S/C14H24N2/c1-12(2)11-13(3)16(4)10-8-14-7-5-6-9-15-14/h5-7,9,12-13H,8,10-11H2,1-4H3/t13-/m1/s1. The molecule has 0 aromatic carbocycles. The van der Waals surface area contributed by atoms with Gasteiger partial charge in [0.05, 0.1) is 0 Å². The zero-order chi connectivity index (χ0) is 12.0. The summed E-state index contributed by atoms with van der Waals surface area (Å²) in [6.45, 7) is 7.95. The molecule has 16 heavy (non-hydrogen) atoms. The lowest BCUT2D eigenvalue weighted by molar-refractivity contribution is 0.230. The minimum atomic E-state index is 0.656. The molecular formula is C14H24N2. The van der Waals surface area contributed by atoms with E-state index in [0.717, 1.165) is 18.9 Å². The van der Waals surface area contributed by atoms with Gasteiger partial charge >= 0.3 is 0 Å². The van der Waals surface area contributed by atoms with Crippen molar-refractivity contribution >= 4 is 0 Å². The maximum atomic E-state index is 4.34. The van der Waals surface area contributed by atoms with Crippen molar-refractivity contribution in [3.8, 4) is 0 Å². The Morgan fingerprint density at radius 1 is 1.25 bits per heavy atom. The molecule has 0 aliphatic heterocycles. The van der Waals surface area contributed by atoms with Crippen LogP contribution < -0.4 is 0 Å². The van der Waals surface area contributed by atoms with Gasteiger partial charge in [-0.3, -0.25) is 4.98 Å². The molecule has 0 N–H and O–H groups in total. The summed E-state index contributed by atoms with van der Waals surface area (Å²) in [7, 11) is 2.20. The van der Waals surface area contributed by atoms with Gasteiger partial charge in [0.1, 0.15) is 0 Å². The first-order chi connectivity index (χ1) is 7.59. The van der Waals surface area contributed by atoms with Crippen molar-refractivity contribution in [3.63, 3.8) is 0 Å². The van der Waals surface area contributed by atoms with E-state index in [1.165, 1.54) is 12.1 Å². The third-order valence-electron chi connectivity index (χ3n) is 3.01. The lowest BCUT2D eigenvalue weighted by atomic mass is 10.0. The molecule has 1 aromatic heterocycles. The third kappa shape index (κ3) is 4.75. The summed E-state index contributed by atoms with van der Waals surface area (Å²) < 4.78 is 0. The highest BCUT2D eigenvalue weighted by Gasteiger charge is 2.10. The van der Waals surface area contributed by atoms with Crippen LogP contribution in [-0.2, 0) is 6.42 Å². The van der Waals surface area contributed by atoms with Crippen LogP contribution in [0.4, 0.5) is 0 Å². The van der Waals surface area contributed by atoms with E-state index in [9.17, 15) is 0 Å². The average molecular weight is 220 g/mol. The van der Waals surface area contributed by atoms with Gasteiger partial charge < -0.3 is 4.90 Å². The Balaban J connectivity index is 2.32. The molecule has 90 valence electrons. The van der Waals surface area contributed by atoms with E-state index < -0.39 is 0 Å². The van der Waals surface area contributed by atoms with Crippen molar-refractivity contribution in [1.29, 1.82) is 0 Å². The van der Waals surface area contributed by atoms with Gasteiger partial charge in [0.25, 0.3) is 0 Å². The molecule has 0 spiro atoms. The third-order valence-corrected chi connectivity index (χ3v) is 3.01. The van der Waals surface area contributed by atoms with Crippen LogP contribution in [0.25, 0.3) is 0 Å². The van der Waals surface area contributed by atoms with Gasteiger partial charge in [0.2, 0.25) is 0 Å². The molecule has 1 rings (SSSR count). The second-order valence-electron chi connectivity index (χ2n) is 5.03. The summed E-state index contributed by atoms with van der Waals surface area (Å²) >= 11 is 0. The highest BCUT2D eigenvalue weighted by atomic mass is 15.1. The first-order valence-electron chi connectivity index (χ1n) is 6.19. The molecule has 2 heteroatoms. The zero-order valence-corrected chi connectivity index (χ0v) is 11.0. The fourth-order valence-electron chi connectivity index (χ4n) is 1.92. The van der Waals surface area contributed by atoms with Gasteiger partial charge in [0.15, 0.2) is 0 Å². The maximum absolute atomic E-state index is 4.34. The molecule has 0 saturated carbocycles. The first kappa shape index (κ1) is 13.2. The Bertz CT molecular complexity index is 282. The quantitative estimate of drug-likeness (QED) is 0.732. The highest BCUT2D eigenvalue weighted by Crippen LogP contribution is 2.09. The summed E-state index contributed by atoms with van der Waals surface area (Å²) in [5, 5.41) is 0. The van der Waals surface area contributed by atoms with Crippen molar-refractivity contribution in [2.75, 3.05) is 13.6 Å². The van der Waals surface area contributed by atoms with Crippen LogP contribution in [0, 0.1) is 5.92 Å². The number of hydrogen-bond donors (Lipinski definition) is 0. The molecule has 1 atom stereocenters. The van der Waals surface area contributed by atoms with Crippen molar-refractivity contribution in [3.05, 3.63) is 30.1 Å². The van der Waals surface area contributed by atoms with Crippen molar-refractivity contribution in [2.24, 2.45) is 5.92 Å². The number of nitrogens with zero attached hydrogens (tertiary/aromatic N) is 2. The first-order valence-corrected chi connectivity index (χ1v) is 6.19. The van der Waals surface area contributed by atoms with Gasteiger partial charge in [-0.25, -0.2) is 0 Å². The van der Waals surface area contributed by atoms with E-state index in [4.69, 9.17) is 0 Å². The summed E-state index contributed by atoms with van der Waals surface area (Å²) in [6, 6.07) is 6.78. The fraction of sp³-hybridized carbons (Fsp3) is 0.643. The molecule has 0 saturated heterocycles. The van der Waals surface area contributed by atoms with Gasteiger partial charge in [-0.15, -0.1) is 0 Å². The molecule has 1 aromatic rings. The van der Waals surface area contributed by atoms with Crippen LogP contribution in [0.3, 0.4) is 0 Å². The lowest BCUT2D eigenvalue weighted by Crippen LogP contribution is -2.32. The maximum Gasteiger partial charge on any atom is 0.0416 e. The predicted octanol–water partition coefficient (Wildman–Crippen LogP) is 2.99. The summed E-state index contributed by atoms with van der Waals surface area (Å²) in [5.41, 5.74) is 1.19. The van der Waals surface area contributed by atoms with E-state index in [0.29, 0.717) is 6.04 Å². The van der Waals surface area contributed by atoms with Crippen LogP contribution in [-0.4, -0.2) is 29.5 Å². The van der Waals surface area contributed by atoms with Crippen molar-refractivity contribution in [2.45, 2.75) is 39.7 Å². The van der Waals surface area contributed by atoms with Gasteiger partial charge in [-0.05, 0) is 38.4 Å². The van der Waals surface area contributed by atoms with Gasteiger partial charge in [-0.1, -0.05) is 19.9 Å². The van der Waals surface area contributed by atoms with E-state index in [1.54, 1.807) is 0 Å². The van der Waals surface area contributed by atoms with Crippen LogP contribution in [0.1, 0.15) is 32.9 Å². The minimum absolute atomic E-state index is 0.656. The number of likely N-dealkylation sites (N-methyl/N-ethyl adjacent to an activating group) is 1. The van der Waals surface area contributed by atoms with E-state index in [-0.39, 0.29) is 0 Å². The van der Waals surface area contributed by atoms with Crippen LogP contribution in [0.15, 0.2) is 24.4 Å². The Kier molecular flexibility index (Phi) is 5.47. The molecule has 0 unspecified atom stereocenters. The number of hydrogen-bond acceptors (Lipinski definition) is 2. The largest absolute Gasteiger partial charge is 0.303 e. The van der Waals surface area contributed by atoms with Gasteiger partial charge in [-0.2, -0.15) is 0 Å². The topological polar surface area (TPSA) is 16.1 Å². The van der Waals surface area contributed by atoms with Crippen LogP contribution in [0.2, 0.25) is 0 Å². The molecule has 2 nitrogen and oxygen atoms in total. The molecule has 0 aliphatic rings. The normalized spacial score (nSPS) is 13.4. The second-order valence-corrected chi connectivity index (χ2v) is 5.03. The monoisotopic (exact) mass is 220 g/mol. The molecule has 1 heterocycles.